The lowest BCUT2D eigenvalue weighted by Crippen LogP contribution is -2.59. The number of esters is 1. The SMILES string of the molecule is COCCOC(=O)N1C(=O)[C@@]2(c3cc(C#CC4=CCCCC4)ccc31)[C@H](c1ccc(OCCO)cc1)N1[C@H](c3ccccc3)[C@H](c3ccccc3)OC(=O)[C@H]1[C@@H]2C(=O)N1CCN(c2ncccn2)CC1. The van der Waals surface area contributed by atoms with Gasteiger partial charge < -0.3 is 33.9 Å². The van der Waals surface area contributed by atoms with E-state index in [1.165, 1.54) is 7.11 Å². The Morgan fingerprint density at radius 1 is 0.800 bits per heavy atom. The zero-order valence-corrected chi connectivity index (χ0v) is 38.9. The third kappa shape index (κ3) is 8.46. The molecule has 15 nitrogen and oxygen atoms in total. The summed E-state index contributed by atoms with van der Waals surface area (Å²) < 4.78 is 23.5. The van der Waals surface area contributed by atoms with Crippen LogP contribution in [0.3, 0.4) is 0 Å². The van der Waals surface area contributed by atoms with Crippen LogP contribution in [0.25, 0.3) is 0 Å². The molecule has 3 saturated heterocycles. The number of imide groups is 1. The molecule has 6 atom stereocenters. The Bertz CT molecular complexity index is 2810. The minimum atomic E-state index is -1.98. The smallest absolute Gasteiger partial charge is 0.421 e. The van der Waals surface area contributed by atoms with Crippen molar-refractivity contribution in [2.45, 2.75) is 55.3 Å². The van der Waals surface area contributed by atoms with E-state index < -0.39 is 59.4 Å². The van der Waals surface area contributed by atoms with E-state index in [0.717, 1.165) is 41.7 Å². The number of anilines is 2. The number of amides is 3. The monoisotopic (exact) mass is 942 g/mol. The van der Waals surface area contributed by atoms with E-state index in [1.54, 1.807) is 47.6 Å². The van der Waals surface area contributed by atoms with Gasteiger partial charge in [0.05, 0.1) is 36.9 Å². The molecular formula is C55H54N6O9. The van der Waals surface area contributed by atoms with Crippen molar-refractivity contribution in [1.29, 1.82) is 0 Å². The van der Waals surface area contributed by atoms with Gasteiger partial charge in [-0.3, -0.25) is 19.3 Å². The number of carbonyl (C=O) groups excluding carboxylic acids is 4. The van der Waals surface area contributed by atoms with Gasteiger partial charge in [0.2, 0.25) is 17.8 Å². The number of cyclic esters (lactones) is 1. The fraction of sp³-hybridized carbons (Fsp3) is 0.345. The number of rotatable bonds is 11. The molecule has 5 aromatic rings. The van der Waals surface area contributed by atoms with Crippen LogP contribution < -0.4 is 14.5 Å². The Morgan fingerprint density at radius 3 is 2.21 bits per heavy atom. The maximum Gasteiger partial charge on any atom is 0.421 e. The van der Waals surface area contributed by atoms with Crippen LogP contribution in [0, 0.1) is 17.8 Å². The molecule has 4 aromatic carbocycles. The van der Waals surface area contributed by atoms with Crippen molar-refractivity contribution in [3.63, 3.8) is 0 Å². The van der Waals surface area contributed by atoms with Gasteiger partial charge in [0, 0.05) is 51.2 Å². The summed E-state index contributed by atoms with van der Waals surface area (Å²) in [7, 11) is 1.48. The average molecular weight is 943 g/mol. The van der Waals surface area contributed by atoms with Crippen LogP contribution in [-0.2, 0) is 34.0 Å². The predicted molar refractivity (Wildman–Crippen MR) is 258 cm³/mol. The predicted octanol–water partition coefficient (Wildman–Crippen LogP) is 6.50. The van der Waals surface area contributed by atoms with Gasteiger partial charge in [0.1, 0.15) is 36.5 Å². The van der Waals surface area contributed by atoms with Gasteiger partial charge >= 0.3 is 12.1 Å². The van der Waals surface area contributed by atoms with Crippen LogP contribution in [0.4, 0.5) is 16.4 Å². The number of fused-ring (bicyclic) bond motifs is 3. The van der Waals surface area contributed by atoms with E-state index in [4.69, 9.17) is 18.9 Å². The standard InChI is InChI=1S/C55H54N6O9/c1-67-34-35-69-54(66)60-44-25-20-38(19-18-37-12-5-2-6-13-37)36-43(44)55(52(60)65)45(50(63)58-28-30-59(31-29-58)53-56-26-11-27-57-53)47-51(64)70-48(40-16-9-4-10-17-40)46(39-14-7-3-8-15-39)61(47)49(55)41-21-23-42(24-22-41)68-33-32-62/h3-4,7-12,14-17,20-27,36,45-49,62H,2,5-6,13,28-35H2,1H3/t45-,46-,47-,48+,49+,55-/m1/s1. The topological polar surface area (TPSA) is 164 Å². The quantitative estimate of drug-likeness (QED) is 0.0869. The van der Waals surface area contributed by atoms with E-state index in [-0.39, 0.29) is 45.2 Å². The minimum absolute atomic E-state index is 0.0501. The van der Waals surface area contributed by atoms with Crippen LogP contribution in [-0.4, -0.2) is 115 Å². The third-order valence-corrected chi connectivity index (χ3v) is 14.1. The van der Waals surface area contributed by atoms with Crippen molar-refractivity contribution in [2.75, 3.05) is 69.5 Å². The molecule has 1 aromatic heterocycles. The minimum Gasteiger partial charge on any atom is -0.491 e. The normalized spacial score (nSPS) is 24.0. The molecule has 358 valence electrons. The van der Waals surface area contributed by atoms with Gasteiger partial charge in [-0.1, -0.05) is 90.7 Å². The molecule has 10 rings (SSSR count). The summed E-state index contributed by atoms with van der Waals surface area (Å²) >= 11 is 0. The van der Waals surface area contributed by atoms with Crippen LogP contribution in [0.15, 0.2) is 133 Å². The molecule has 1 spiro atoms. The molecular weight excluding hydrogens is 889 g/mol. The van der Waals surface area contributed by atoms with Crippen molar-refractivity contribution in [2.24, 2.45) is 5.92 Å². The second-order valence-corrected chi connectivity index (χ2v) is 18.0. The number of hydrogen-bond acceptors (Lipinski definition) is 13. The van der Waals surface area contributed by atoms with E-state index in [0.29, 0.717) is 47.0 Å². The van der Waals surface area contributed by atoms with Gasteiger partial charge in [0.15, 0.2) is 0 Å². The maximum absolute atomic E-state index is 16.6. The Hall–Kier alpha value is -7.38. The third-order valence-electron chi connectivity index (χ3n) is 14.1. The highest BCUT2D eigenvalue weighted by Crippen LogP contribution is 2.66. The number of benzene rings is 4. The molecule has 0 unspecified atom stereocenters. The fourth-order valence-electron chi connectivity index (χ4n) is 11.0. The largest absolute Gasteiger partial charge is 0.491 e. The van der Waals surface area contributed by atoms with Gasteiger partial charge in [0.25, 0.3) is 0 Å². The first kappa shape index (κ1) is 46.4. The van der Waals surface area contributed by atoms with E-state index in [1.807, 2.05) is 88.7 Å². The number of nitrogens with zero attached hydrogens (tertiary/aromatic N) is 6. The number of allylic oxidation sites excluding steroid dienone is 2. The van der Waals surface area contributed by atoms with Crippen molar-refractivity contribution < 1.29 is 43.2 Å². The Labute approximate surface area is 406 Å². The number of aliphatic hydroxyl groups is 1. The lowest BCUT2D eigenvalue weighted by Gasteiger charge is -2.46. The van der Waals surface area contributed by atoms with Crippen LogP contribution in [0.2, 0.25) is 0 Å². The molecule has 1 aliphatic carbocycles. The highest BCUT2D eigenvalue weighted by Gasteiger charge is 2.76. The molecule has 3 fully saturated rings. The summed E-state index contributed by atoms with van der Waals surface area (Å²) in [4.78, 5) is 78.7. The van der Waals surface area contributed by atoms with Crippen molar-refractivity contribution in [3.8, 4) is 17.6 Å². The summed E-state index contributed by atoms with van der Waals surface area (Å²) in [5.74, 6) is 4.40. The number of ether oxygens (including phenoxy) is 4. The molecule has 5 aliphatic rings. The van der Waals surface area contributed by atoms with E-state index in [9.17, 15) is 9.90 Å². The molecule has 4 aliphatic heterocycles. The van der Waals surface area contributed by atoms with Crippen LogP contribution in [0.5, 0.6) is 5.75 Å². The van der Waals surface area contributed by atoms with Gasteiger partial charge in [-0.15, -0.1) is 0 Å². The fourth-order valence-corrected chi connectivity index (χ4v) is 11.0. The molecule has 0 bridgehead atoms. The highest BCUT2D eigenvalue weighted by molar-refractivity contribution is 6.23. The Kier molecular flexibility index (Phi) is 13.4. The summed E-state index contributed by atoms with van der Waals surface area (Å²) in [6.45, 7) is 0.998. The van der Waals surface area contributed by atoms with Crippen LogP contribution in [0.1, 0.15) is 71.7 Å². The summed E-state index contributed by atoms with van der Waals surface area (Å²) in [5, 5.41) is 9.64. The second-order valence-electron chi connectivity index (χ2n) is 18.0. The molecule has 15 heteroatoms. The number of hydrogen-bond donors (Lipinski definition) is 1. The summed E-state index contributed by atoms with van der Waals surface area (Å²) in [6, 6.07) is 30.1. The zero-order valence-electron chi connectivity index (χ0n) is 38.9. The molecule has 0 radical (unpaired) electrons. The summed E-state index contributed by atoms with van der Waals surface area (Å²) in [6.07, 6.45) is 7.57. The summed E-state index contributed by atoms with van der Waals surface area (Å²) in [5.41, 5.74) is 2.25. The number of aliphatic hydroxyl groups excluding tert-OH is 1. The van der Waals surface area contributed by atoms with Crippen molar-refractivity contribution >= 4 is 35.5 Å². The highest BCUT2D eigenvalue weighted by atomic mass is 16.6. The number of aromatic nitrogens is 2. The molecule has 5 heterocycles. The molecule has 1 N–H and O–H groups in total. The van der Waals surface area contributed by atoms with Crippen molar-refractivity contribution in [1.82, 2.24) is 19.8 Å². The van der Waals surface area contributed by atoms with E-state index >= 15 is 14.4 Å². The second kappa shape index (κ2) is 20.3. The van der Waals surface area contributed by atoms with Crippen molar-refractivity contribution in [3.05, 3.63) is 161 Å². The molecule has 0 saturated carbocycles. The Balaban J connectivity index is 1.23. The number of morpholine rings is 1. The Morgan fingerprint density at radius 2 is 1.53 bits per heavy atom. The van der Waals surface area contributed by atoms with E-state index in [2.05, 4.69) is 27.9 Å². The van der Waals surface area contributed by atoms with Gasteiger partial charge in [-0.05, 0) is 89.9 Å². The zero-order chi connectivity index (χ0) is 48.2. The first-order valence-electron chi connectivity index (χ1n) is 23.9. The first-order valence-corrected chi connectivity index (χ1v) is 23.9. The lowest BCUT2D eigenvalue weighted by atomic mass is 9.64. The van der Waals surface area contributed by atoms with Gasteiger partial charge in [-0.2, -0.15) is 0 Å². The number of methoxy groups -OCH3 is 1. The maximum atomic E-state index is 16.6. The number of carbonyl (C=O) groups is 4. The molecule has 3 amide bonds. The lowest BCUT2D eigenvalue weighted by molar-refractivity contribution is -0.179. The first-order chi connectivity index (χ1) is 34.3. The van der Waals surface area contributed by atoms with Crippen LogP contribution >= 0.6 is 0 Å². The van der Waals surface area contributed by atoms with Gasteiger partial charge in [-0.25, -0.2) is 19.7 Å². The molecule has 70 heavy (non-hydrogen) atoms. The average Bonchev–Trinajstić information content (AvgIpc) is 3.87. The number of piperazine rings is 1.